The quantitative estimate of drug-likeness (QED) is 0.621. The van der Waals surface area contributed by atoms with Crippen LogP contribution in [0.5, 0.6) is 5.75 Å². The minimum atomic E-state index is -0.863. The van der Waals surface area contributed by atoms with Crippen LogP contribution in [0.25, 0.3) is 0 Å². The monoisotopic (exact) mass is 453 g/mol. The molecule has 0 spiro atoms. The van der Waals surface area contributed by atoms with Gasteiger partial charge in [0.2, 0.25) is 0 Å². The van der Waals surface area contributed by atoms with E-state index in [0.717, 1.165) is 4.57 Å². The van der Waals surface area contributed by atoms with Crippen molar-refractivity contribution in [2.75, 3.05) is 6.54 Å². The van der Waals surface area contributed by atoms with E-state index in [2.05, 4.69) is 5.32 Å². The number of hydrogen-bond acceptors (Lipinski definition) is 4. The summed E-state index contributed by atoms with van der Waals surface area (Å²) in [6.07, 6.45) is 0.239. The fourth-order valence-electron chi connectivity index (χ4n) is 3.93. The van der Waals surface area contributed by atoms with Crippen molar-refractivity contribution in [3.8, 4) is 5.75 Å². The maximum atomic E-state index is 13.2. The number of fused-ring (bicyclic) bond motifs is 1. The standard InChI is InChI=1S/C24H21F2N3O4/c1-28-20(22(31)27-12-14-2-6-16(25)7-3-14)18-10-11-29(13-15-4-8-17(26)9-5-15)23(32)19(18)21(30)24(28)33/h2-9,30H,10-13H2,1H3,(H,27,31). The first-order valence-electron chi connectivity index (χ1n) is 10.3. The Morgan fingerprint density at radius 1 is 1.00 bits per heavy atom. The zero-order chi connectivity index (χ0) is 23.7. The van der Waals surface area contributed by atoms with Crippen LogP contribution in [0.4, 0.5) is 8.78 Å². The van der Waals surface area contributed by atoms with Crippen molar-refractivity contribution >= 4 is 11.8 Å². The summed E-state index contributed by atoms with van der Waals surface area (Å²) in [7, 11) is 1.35. The first kappa shape index (κ1) is 22.2. The summed E-state index contributed by atoms with van der Waals surface area (Å²) in [6.45, 7) is 0.506. The zero-order valence-electron chi connectivity index (χ0n) is 17.8. The second kappa shape index (κ2) is 8.85. The largest absolute Gasteiger partial charge is 0.502 e. The molecular weight excluding hydrogens is 432 g/mol. The summed E-state index contributed by atoms with van der Waals surface area (Å²) in [5.74, 6) is -2.68. The number of pyridine rings is 1. The Labute approximate surface area is 187 Å². The average Bonchev–Trinajstić information content (AvgIpc) is 2.80. The highest BCUT2D eigenvalue weighted by Gasteiger charge is 2.34. The second-order valence-corrected chi connectivity index (χ2v) is 7.83. The number of hydrogen-bond donors (Lipinski definition) is 2. The average molecular weight is 453 g/mol. The third-order valence-electron chi connectivity index (χ3n) is 5.67. The molecule has 0 saturated carbocycles. The van der Waals surface area contributed by atoms with Crippen LogP contribution < -0.4 is 10.9 Å². The zero-order valence-corrected chi connectivity index (χ0v) is 17.8. The fourth-order valence-corrected chi connectivity index (χ4v) is 3.93. The molecule has 2 heterocycles. The van der Waals surface area contributed by atoms with Gasteiger partial charge in [-0.25, -0.2) is 8.78 Å². The van der Waals surface area contributed by atoms with Gasteiger partial charge in [-0.2, -0.15) is 0 Å². The number of carbonyl (C=O) groups is 2. The molecule has 2 aromatic carbocycles. The summed E-state index contributed by atoms with van der Waals surface area (Å²) in [5.41, 5.74) is 0.560. The SMILES string of the molecule is Cn1c(C(=O)NCc2ccc(F)cc2)c2c(c(O)c1=O)C(=O)N(Cc1ccc(F)cc1)CC2. The van der Waals surface area contributed by atoms with Crippen LogP contribution in [-0.4, -0.2) is 32.9 Å². The number of aromatic hydroxyl groups is 1. The number of nitrogens with zero attached hydrogens (tertiary/aromatic N) is 2. The third kappa shape index (κ3) is 4.34. The van der Waals surface area contributed by atoms with Gasteiger partial charge in [-0.1, -0.05) is 24.3 Å². The molecule has 1 aromatic heterocycles. The van der Waals surface area contributed by atoms with E-state index in [4.69, 9.17) is 0 Å². The molecule has 4 rings (SSSR count). The lowest BCUT2D eigenvalue weighted by Crippen LogP contribution is -2.42. The van der Waals surface area contributed by atoms with Crippen LogP contribution in [0.1, 0.15) is 37.5 Å². The maximum absolute atomic E-state index is 13.2. The van der Waals surface area contributed by atoms with Crippen molar-refractivity contribution in [2.45, 2.75) is 19.5 Å². The number of carbonyl (C=O) groups excluding carboxylic acids is 2. The maximum Gasteiger partial charge on any atom is 0.293 e. The minimum absolute atomic E-state index is 0.00954. The van der Waals surface area contributed by atoms with Gasteiger partial charge in [0.05, 0.1) is 5.56 Å². The molecule has 0 aliphatic carbocycles. The Morgan fingerprint density at radius 2 is 1.58 bits per heavy atom. The van der Waals surface area contributed by atoms with Crippen molar-refractivity contribution < 1.29 is 23.5 Å². The van der Waals surface area contributed by atoms with Crippen LogP contribution in [0.2, 0.25) is 0 Å². The normalized spacial score (nSPS) is 13.1. The number of halogens is 2. The second-order valence-electron chi connectivity index (χ2n) is 7.83. The lowest BCUT2D eigenvalue weighted by atomic mass is 9.95. The van der Waals surface area contributed by atoms with Gasteiger partial charge < -0.3 is 19.9 Å². The Hall–Kier alpha value is -4.01. The van der Waals surface area contributed by atoms with Crippen molar-refractivity contribution in [2.24, 2.45) is 7.05 Å². The van der Waals surface area contributed by atoms with E-state index in [1.807, 2.05) is 0 Å². The van der Waals surface area contributed by atoms with Crippen molar-refractivity contribution in [3.63, 3.8) is 0 Å². The lowest BCUT2D eigenvalue weighted by Gasteiger charge is -2.30. The molecule has 0 atom stereocenters. The summed E-state index contributed by atoms with van der Waals surface area (Å²) in [6, 6.07) is 11.3. The summed E-state index contributed by atoms with van der Waals surface area (Å²) < 4.78 is 27.3. The van der Waals surface area contributed by atoms with E-state index in [-0.39, 0.29) is 42.9 Å². The molecule has 33 heavy (non-hydrogen) atoms. The van der Waals surface area contributed by atoms with Crippen LogP contribution in [0.3, 0.4) is 0 Å². The van der Waals surface area contributed by atoms with Gasteiger partial charge in [0.15, 0.2) is 5.75 Å². The van der Waals surface area contributed by atoms with Crippen LogP contribution >= 0.6 is 0 Å². The highest BCUT2D eigenvalue weighted by molar-refractivity contribution is 6.03. The number of rotatable bonds is 5. The van der Waals surface area contributed by atoms with Gasteiger partial charge in [-0.3, -0.25) is 14.4 Å². The Morgan fingerprint density at radius 3 is 2.18 bits per heavy atom. The van der Waals surface area contributed by atoms with E-state index in [1.165, 1.54) is 48.3 Å². The van der Waals surface area contributed by atoms with Crippen LogP contribution in [-0.2, 0) is 26.6 Å². The van der Waals surface area contributed by atoms with E-state index < -0.39 is 34.8 Å². The van der Waals surface area contributed by atoms with Crippen molar-refractivity contribution in [3.05, 3.63) is 98.5 Å². The molecule has 2 amide bonds. The molecule has 170 valence electrons. The first-order chi connectivity index (χ1) is 15.8. The summed E-state index contributed by atoms with van der Waals surface area (Å²) in [5, 5.41) is 13.1. The molecule has 0 radical (unpaired) electrons. The van der Waals surface area contributed by atoms with Gasteiger partial charge in [0.1, 0.15) is 17.3 Å². The van der Waals surface area contributed by atoms with E-state index in [1.54, 1.807) is 12.1 Å². The van der Waals surface area contributed by atoms with Crippen LogP contribution in [0, 0.1) is 11.6 Å². The van der Waals surface area contributed by atoms with Gasteiger partial charge >= 0.3 is 0 Å². The van der Waals surface area contributed by atoms with E-state index in [0.29, 0.717) is 11.1 Å². The van der Waals surface area contributed by atoms with Gasteiger partial charge in [0.25, 0.3) is 17.4 Å². The van der Waals surface area contributed by atoms with Crippen molar-refractivity contribution in [1.82, 2.24) is 14.8 Å². The van der Waals surface area contributed by atoms with Crippen molar-refractivity contribution in [1.29, 1.82) is 0 Å². The molecule has 1 aliphatic rings. The highest BCUT2D eigenvalue weighted by atomic mass is 19.1. The molecule has 2 N–H and O–H groups in total. The number of nitrogens with one attached hydrogen (secondary N) is 1. The number of aromatic nitrogens is 1. The highest BCUT2D eigenvalue weighted by Crippen LogP contribution is 2.28. The van der Waals surface area contributed by atoms with Gasteiger partial charge in [-0.05, 0) is 41.8 Å². The number of benzene rings is 2. The Bertz CT molecular complexity index is 1260. The molecule has 7 nitrogen and oxygen atoms in total. The lowest BCUT2D eigenvalue weighted by molar-refractivity contribution is 0.0721. The van der Waals surface area contributed by atoms with E-state index in [9.17, 15) is 28.3 Å². The molecule has 0 saturated heterocycles. The Kier molecular flexibility index (Phi) is 5.95. The molecule has 0 unspecified atom stereocenters. The predicted molar refractivity (Wildman–Crippen MR) is 116 cm³/mol. The molecule has 3 aromatic rings. The Balaban J connectivity index is 1.63. The predicted octanol–water partition coefficient (Wildman–Crippen LogP) is 2.50. The van der Waals surface area contributed by atoms with Crippen LogP contribution in [0.15, 0.2) is 53.3 Å². The minimum Gasteiger partial charge on any atom is -0.502 e. The third-order valence-corrected chi connectivity index (χ3v) is 5.67. The van der Waals surface area contributed by atoms with E-state index >= 15 is 0 Å². The molecular formula is C24H21F2N3O4. The molecule has 0 fully saturated rings. The summed E-state index contributed by atoms with van der Waals surface area (Å²) >= 11 is 0. The topological polar surface area (TPSA) is 91.6 Å². The smallest absolute Gasteiger partial charge is 0.293 e. The van der Waals surface area contributed by atoms with Gasteiger partial charge in [0, 0.05) is 32.2 Å². The summed E-state index contributed by atoms with van der Waals surface area (Å²) in [4.78, 5) is 40.1. The number of amides is 2. The first-order valence-corrected chi connectivity index (χ1v) is 10.3. The molecule has 0 bridgehead atoms. The fraction of sp³-hybridized carbons (Fsp3) is 0.208. The van der Waals surface area contributed by atoms with Gasteiger partial charge in [-0.15, -0.1) is 0 Å². The molecule has 1 aliphatic heterocycles. The molecule has 9 heteroatoms.